The van der Waals surface area contributed by atoms with Crippen LogP contribution in [0.25, 0.3) is 0 Å². The molecule has 3 rings (SSSR count). The van der Waals surface area contributed by atoms with Gasteiger partial charge in [0.25, 0.3) is 0 Å². The highest BCUT2D eigenvalue weighted by Crippen LogP contribution is 2.43. The molecule has 1 aliphatic carbocycles. The number of amides is 1. The molecule has 0 spiro atoms. The predicted octanol–water partition coefficient (Wildman–Crippen LogP) is 4.01. The molecule has 0 bridgehead atoms. The molecule has 0 aromatic heterocycles. The van der Waals surface area contributed by atoms with Crippen LogP contribution in [0.5, 0.6) is 0 Å². The molecule has 2 aromatic carbocycles. The lowest BCUT2D eigenvalue weighted by Gasteiger charge is -2.20. The second-order valence-corrected chi connectivity index (χ2v) is 6.26. The minimum absolute atomic E-state index is 0.150. The Labute approximate surface area is 146 Å². The van der Waals surface area contributed by atoms with E-state index in [2.05, 4.69) is 5.32 Å². The molecule has 25 heavy (non-hydrogen) atoms. The van der Waals surface area contributed by atoms with Crippen LogP contribution >= 0.6 is 0 Å². The van der Waals surface area contributed by atoms with Crippen LogP contribution in [0.3, 0.4) is 0 Å². The van der Waals surface area contributed by atoms with Crippen LogP contribution in [0, 0.1) is 0 Å². The summed E-state index contributed by atoms with van der Waals surface area (Å²) >= 11 is 0. The second kappa shape index (κ2) is 7.83. The van der Waals surface area contributed by atoms with Crippen LogP contribution in [0.15, 0.2) is 54.6 Å². The van der Waals surface area contributed by atoms with Gasteiger partial charge in [0.2, 0.25) is 0 Å². The Kier molecular flexibility index (Phi) is 5.33. The van der Waals surface area contributed by atoms with Gasteiger partial charge in [0.05, 0.1) is 12.5 Å². The molecule has 2 N–H and O–H groups in total. The van der Waals surface area contributed by atoms with Crippen LogP contribution in [0.2, 0.25) is 0 Å². The van der Waals surface area contributed by atoms with Crippen molar-refractivity contribution in [3.8, 4) is 0 Å². The number of hydrogen-bond donors (Lipinski definition) is 2. The van der Waals surface area contributed by atoms with Crippen molar-refractivity contribution < 1.29 is 19.4 Å². The number of nitrogens with one attached hydrogen (secondary N) is 1. The van der Waals surface area contributed by atoms with Gasteiger partial charge in [0.1, 0.15) is 6.61 Å². The molecule has 5 nitrogen and oxygen atoms in total. The third-order valence-corrected chi connectivity index (χ3v) is 4.27. The maximum absolute atomic E-state index is 12.2. The highest BCUT2D eigenvalue weighted by Gasteiger charge is 2.29. The number of benzene rings is 2. The minimum atomic E-state index is -0.959. The molecule has 1 saturated carbocycles. The van der Waals surface area contributed by atoms with E-state index >= 15 is 0 Å². The van der Waals surface area contributed by atoms with Crippen molar-refractivity contribution in [2.75, 3.05) is 0 Å². The number of rotatable bonds is 7. The number of hydrogen-bond acceptors (Lipinski definition) is 3. The number of carboxylic acid groups (broad SMARTS) is 1. The maximum atomic E-state index is 12.2. The van der Waals surface area contributed by atoms with E-state index in [1.54, 1.807) is 0 Å². The Balaban J connectivity index is 1.68. The molecule has 0 heterocycles. The van der Waals surface area contributed by atoms with E-state index in [4.69, 9.17) is 4.74 Å². The van der Waals surface area contributed by atoms with Crippen molar-refractivity contribution in [2.24, 2.45) is 0 Å². The van der Waals surface area contributed by atoms with Crippen molar-refractivity contribution in [3.63, 3.8) is 0 Å². The number of carbonyl (C=O) groups excluding carboxylic acids is 1. The molecule has 130 valence electrons. The summed E-state index contributed by atoms with van der Waals surface area (Å²) in [6.07, 6.45) is 1.43. The number of ether oxygens (including phenoxy) is 1. The van der Waals surface area contributed by atoms with Crippen LogP contribution in [0.4, 0.5) is 4.79 Å². The zero-order chi connectivity index (χ0) is 17.6. The molecule has 1 fully saturated rings. The van der Waals surface area contributed by atoms with E-state index in [1.165, 1.54) is 0 Å². The molecular weight excluding hydrogens is 318 g/mol. The third-order valence-electron chi connectivity index (χ3n) is 4.27. The Bertz CT molecular complexity index is 740. The molecule has 5 heteroatoms. The first-order valence-electron chi connectivity index (χ1n) is 8.41. The summed E-state index contributed by atoms with van der Waals surface area (Å²) in [7, 11) is 0. The molecular formula is C20H21NO4. The lowest BCUT2D eigenvalue weighted by Crippen LogP contribution is -2.31. The molecule has 0 unspecified atom stereocenters. The van der Waals surface area contributed by atoms with Gasteiger partial charge >= 0.3 is 12.1 Å². The molecule has 1 atom stereocenters. The highest BCUT2D eigenvalue weighted by molar-refractivity contribution is 5.72. The predicted molar refractivity (Wildman–Crippen MR) is 93.2 cm³/mol. The van der Waals surface area contributed by atoms with Gasteiger partial charge in [0, 0.05) is 0 Å². The van der Waals surface area contributed by atoms with Crippen molar-refractivity contribution in [1.82, 2.24) is 5.32 Å². The largest absolute Gasteiger partial charge is 0.481 e. The topological polar surface area (TPSA) is 75.6 Å². The Hall–Kier alpha value is -2.82. The normalized spacial score (nSPS) is 14.6. The Morgan fingerprint density at radius 2 is 1.76 bits per heavy atom. The maximum Gasteiger partial charge on any atom is 0.407 e. The summed E-state index contributed by atoms with van der Waals surface area (Å²) in [6.45, 7) is 0.150. The van der Waals surface area contributed by atoms with E-state index in [0.29, 0.717) is 5.92 Å². The van der Waals surface area contributed by atoms with E-state index < -0.39 is 18.1 Å². The average molecular weight is 339 g/mol. The summed E-state index contributed by atoms with van der Waals surface area (Å²) < 4.78 is 5.23. The van der Waals surface area contributed by atoms with E-state index in [0.717, 1.165) is 29.5 Å². The second-order valence-electron chi connectivity index (χ2n) is 6.26. The first kappa shape index (κ1) is 17.0. The lowest BCUT2D eigenvalue weighted by molar-refractivity contribution is -0.137. The molecule has 0 saturated heterocycles. The van der Waals surface area contributed by atoms with Crippen molar-refractivity contribution in [3.05, 3.63) is 71.3 Å². The molecule has 1 amide bonds. The van der Waals surface area contributed by atoms with Gasteiger partial charge in [-0.25, -0.2) is 4.79 Å². The summed E-state index contributed by atoms with van der Waals surface area (Å²) in [5.74, 6) is -0.492. The first-order valence-corrected chi connectivity index (χ1v) is 8.41. The van der Waals surface area contributed by atoms with Crippen molar-refractivity contribution in [2.45, 2.75) is 37.8 Å². The number of aliphatic carboxylic acids is 1. The fraction of sp³-hybridized carbons (Fsp3) is 0.300. The first-order chi connectivity index (χ1) is 12.1. The molecule has 2 aromatic rings. The quantitative estimate of drug-likeness (QED) is 0.799. The van der Waals surface area contributed by atoms with Crippen LogP contribution < -0.4 is 5.32 Å². The molecule has 0 aliphatic heterocycles. The van der Waals surface area contributed by atoms with E-state index in [9.17, 15) is 14.7 Å². The van der Waals surface area contributed by atoms with Gasteiger partial charge in [-0.2, -0.15) is 0 Å². The summed E-state index contributed by atoms with van der Waals surface area (Å²) in [4.78, 5) is 23.4. The van der Waals surface area contributed by atoms with Gasteiger partial charge in [-0.05, 0) is 35.4 Å². The van der Waals surface area contributed by atoms with Gasteiger partial charge in [-0.3, -0.25) is 4.79 Å². The number of carboxylic acids is 1. The van der Waals surface area contributed by atoms with Gasteiger partial charge < -0.3 is 15.2 Å². The van der Waals surface area contributed by atoms with E-state index in [-0.39, 0.29) is 13.0 Å². The van der Waals surface area contributed by atoms with Crippen molar-refractivity contribution >= 4 is 12.1 Å². The SMILES string of the molecule is O=C(O)C[C@@H](NC(=O)OCc1ccccc1)c1ccccc1C1CC1. The molecule has 1 aliphatic rings. The summed E-state index contributed by atoms with van der Waals surface area (Å²) in [5.41, 5.74) is 2.87. The van der Waals surface area contributed by atoms with Crippen molar-refractivity contribution in [1.29, 1.82) is 0 Å². The number of alkyl carbamates (subject to hydrolysis) is 1. The Morgan fingerprint density at radius 3 is 2.44 bits per heavy atom. The molecule has 0 radical (unpaired) electrons. The Morgan fingerprint density at radius 1 is 1.08 bits per heavy atom. The zero-order valence-electron chi connectivity index (χ0n) is 13.9. The lowest BCUT2D eigenvalue weighted by atomic mass is 9.95. The van der Waals surface area contributed by atoms with Gasteiger partial charge in [-0.15, -0.1) is 0 Å². The summed E-state index contributed by atoms with van der Waals surface area (Å²) in [6, 6.07) is 16.5. The van der Waals surface area contributed by atoms with Crippen LogP contribution in [-0.2, 0) is 16.1 Å². The average Bonchev–Trinajstić information content (AvgIpc) is 3.45. The third kappa shape index (κ3) is 4.83. The number of carbonyl (C=O) groups is 2. The smallest absolute Gasteiger partial charge is 0.407 e. The van der Waals surface area contributed by atoms with Crippen LogP contribution in [0.1, 0.15) is 47.9 Å². The fourth-order valence-corrected chi connectivity index (χ4v) is 2.91. The minimum Gasteiger partial charge on any atom is -0.481 e. The standard InChI is InChI=1S/C20H21NO4/c22-19(23)12-18(17-9-5-4-8-16(17)15-10-11-15)21-20(24)25-13-14-6-2-1-3-7-14/h1-9,15,18H,10-13H2,(H,21,24)(H,22,23)/t18-/m1/s1. The van der Waals surface area contributed by atoms with Gasteiger partial charge in [0.15, 0.2) is 0 Å². The monoisotopic (exact) mass is 339 g/mol. The summed E-state index contributed by atoms with van der Waals surface area (Å²) in [5, 5.41) is 11.9. The van der Waals surface area contributed by atoms with E-state index in [1.807, 2.05) is 54.6 Å². The van der Waals surface area contributed by atoms with Gasteiger partial charge in [-0.1, -0.05) is 54.6 Å². The van der Waals surface area contributed by atoms with Crippen LogP contribution in [-0.4, -0.2) is 17.2 Å². The zero-order valence-corrected chi connectivity index (χ0v) is 13.9. The highest BCUT2D eigenvalue weighted by atomic mass is 16.5. The fourth-order valence-electron chi connectivity index (χ4n) is 2.91.